The quantitative estimate of drug-likeness (QED) is 0.716. The number of benzene rings is 1. The molecule has 1 unspecified atom stereocenters. The van der Waals surface area contributed by atoms with Crippen LogP contribution in [0.2, 0.25) is 0 Å². The van der Waals surface area contributed by atoms with E-state index in [1.807, 2.05) is 38.1 Å². The summed E-state index contributed by atoms with van der Waals surface area (Å²) >= 11 is 1.45. The molecule has 1 saturated heterocycles. The van der Waals surface area contributed by atoms with Crippen LogP contribution in [0.4, 0.5) is 11.6 Å². The van der Waals surface area contributed by atoms with Crippen LogP contribution in [0.25, 0.3) is 0 Å². The molecule has 3 rings (SSSR count). The molecule has 0 aliphatic carbocycles. The highest BCUT2D eigenvalue weighted by atomic mass is 32.2. The van der Waals surface area contributed by atoms with Gasteiger partial charge in [0.15, 0.2) is 5.16 Å². The minimum absolute atomic E-state index is 0.0358. The van der Waals surface area contributed by atoms with Crippen LogP contribution in [0, 0.1) is 12.8 Å². The summed E-state index contributed by atoms with van der Waals surface area (Å²) in [4.78, 5) is 14.9. The van der Waals surface area contributed by atoms with E-state index in [9.17, 15) is 4.79 Å². The number of amides is 1. The first-order chi connectivity index (χ1) is 13.5. The van der Waals surface area contributed by atoms with E-state index >= 15 is 0 Å². The highest BCUT2D eigenvalue weighted by Crippen LogP contribution is 2.28. The van der Waals surface area contributed by atoms with Crippen LogP contribution in [0.5, 0.6) is 0 Å². The zero-order valence-electron chi connectivity index (χ0n) is 17.0. The van der Waals surface area contributed by atoms with Crippen molar-refractivity contribution in [3.63, 3.8) is 0 Å². The Labute approximate surface area is 170 Å². The molecule has 0 saturated carbocycles. The summed E-state index contributed by atoms with van der Waals surface area (Å²) < 4.78 is 7.59. The van der Waals surface area contributed by atoms with Crippen molar-refractivity contribution in [1.29, 1.82) is 0 Å². The number of hydrogen-bond donors (Lipinski definition) is 1. The molecule has 2 aromatic rings. The molecule has 152 valence electrons. The van der Waals surface area contributed by atoms with E-state index in [0.29, 0.717) is 19.1 Å². The minimum Gasteiger partial charge on any atom is -0.378 e. The highest BCUT2D eigenvalue weighted by Gasteiger charge is 2.24. The molecule has 8 heteroatoms. The maximum Gasteiger partial charge on any atom is 0.237 e. The van der Waals surface area contributed by atoms with Crippen molar-refractivity contribution in [3.05, 3.63) is 29.8 Å². The number of carbonyl (C=O) groups is 1. The monoisotopic (exact) mass is 403 g/mol. The van der Waals surface area contributed by atoms with Gasteiger partial charge in [0.2, 0.25) is 11.9 Å². The summed E-state index contributed by atoms with van der Waals surface area (Å²) in [7, 11) is 0. The second kappa shape index (κ2) is 9.43. The zero-order chi connectivity index (χ0) is 20.1. The Morgan fingerprint density at radius 3 is 2.61 bits per heavy atom. The number of aromatic nitrogens is 3. The third-order valence-electron chi connectivity index (χ3n) is 4.59. The van der Waals surface area contributed by atoms with E-state index in [1.165, 1.54) is 11.8 Å². The van der Waals surface area contributed by atoms with Crippen LogP contribution >= 0.6 is 11.8 Å². The van der Waals surface area contributed by atoms with Gasteiger partial charge in [-0.05, 0) is 31.4 Å². The number of rotatable bonds is 7. The fraction of sp³-hybridized carbons (Fsp3) is 0.550. The van der Waals surface area contributed by atoms with Gasteiger partial charge in [-0.15, -0.1) is 10.2 Å². The molecule has 0 radical (unpaired) electrons. The molecule has 0 spiro atoms. The zero-order valence-corrected chi connectivity index (χ0v) is 17.8. The van der Waals surface area contributed by atoms with Gasteiger partial charge in [-0.1, -0.05) is 43.8 Å². The van der Waals surface area contributed by atoms with Crippen LogP contribution in [0.15, 0.2) is 29.4 Å². The SMILES string of the molecule is Cc1ccccc1NC(=O)C(C)Sc1nnc(N2CCOCC2)n1CC(C)C. The number of aryl methyl sites for hydroxylation is 1. The molecule has 1 fully saturated rings. The molecule has 1 aromatic carbocycles. The van der Waals surface area contributed by atoms with Gasteiger partial charge in [0.1, 0.15) is 0 Å². The van der Waals surface area contributed by atoms with E-state index in [1.54, 1.807) is 0 Å². The van der Waals surface area contributed by atoms with Crippen LogP contribution in [0.1, 0.15) is 26.3 Å². The molecule has 7 nitrogen and oxygen atoms in total. The fourth-order valence-corrected chi connectivity index (χ4v) is 3.90. The van der Waals surface area contributed by atoms with Gasteiger partial charge in [0, 0.05) is 25.3 Å². The number of carbonyl (C=O) groups excluding carboxylic acids is 1. The van der Waals surface area contributed by atoms with E-state index < -0.39 is 0 Å². The van der Waals surface area contributed by atoms with Crippen LogP contribution < -0.4 is 10.2 Å². The van der Waals surface area contributed by atoms with Gasteiger partial charge in [-0.2, -0.15) is 0 Å². The molecular weight excluding hydrogens is 374 g/mol. The first-order valence-corrected chi connectivity index (χ1v) is 10.6. The molecule has 1 amide bonds. The number of hydrogen-bond acceptors (Lipinski definition) is 6. The van der Waals surface area contributed by atoms with E-state index in [-0.39, 0.29) is 11.2 Å². The van der Waals surface area contributed by atoms with E-state index in [4.69, 9.17) is 4.74 Å². The molecule has 1 N–H and O–H groups in total. The predicted octanol–water partition coefficient (Wildman–Crippen LogP) is 3.20. The Morgan fingerprint density at radius 2 is 1.93 bits per heavy atom. The number of nitrogens with one attached hydrogen (secondary N) is 1. The van der Waals surface area contributed by atoms with E-state index in [0.717, 1.165) is 42.0 Å². The lowest BCUT2D eigenvalue weighted by Crippen LogP contribution is -2.38. The van der Waals surface area contributed by atoms with Crippen molar-refractivity contribution >= 4 is 29.3 Å². The maximum absolute atomic E-state index is 12.7. The molecule has 1 aromatic heterocycles. The summed E-state index contributed by atoms with van der Waals surface area (Å²) in [5, 5.41) is 12.4. The molecule has 1 aliphatic rings. The highest BCUT2D eigenvalue weighted by molar-refractivity contribution is 8.00. The van der Waals surface area contributed by atoms with Crippen molar-refractivity contribution in [1.82, 2.24) is 14.8 Å². The Morgan fingerprint density at radius 1 is 1.21 bits per heavy atom. The van der Waals surface area contributed by atoms with Crippen molar-refractivity contribution < 1.29 is 9.53 Å². The van der Waals surface area contributed by atoms with Gasteiger partial charge >= 0.3 is 0 Å². The van der Waals surface area contributed by atoms with Crippen molar-refractivity contribution in [2.45, 2.75) is 44.6 Å². The number of nitrogens with zero attached hydrogens (tertiary/aromatic N) is 4. The van der Waals surface area contributed by atoms with Gasteiger partial charge in [0.25, 0.3) is 0 Å². The summed E-state index contributed by atoms with van der Waals surface area (Å²) in [6.07, 6.45) is 0. The Bertz CT molecular complexity index is 802. The van der Waals surface area contributed by atoms with Gasteiger partial charge in [-0.25, -0.2) is 0 Å². The van der Waals surface area contributed by atoms with Crippen LogP contribution in [-0.4, -0.2) is 52.2 Å². The lowest BCUT2D eigenvalue weighted by atomic mass is 10.2. The lowest BCUT2D eigenvalue weighted by Gasteiger charge is -2.28. The van der Waals surface area contributed by atoms with Crippen LogP contribution in [-0.2, 0) is 16.1 Å². The second-order valence-corrected chi connectivity index (χ2v) is 8.76. The van der Waals surface area contributed by atoms with Gasteiger partial charge < -0.3 is 15.0 Å². The molecular formula is C20H29N5O2S. The predicted molar refractivity (Wildman–Crippen MR) is 113 cm³/mol. The fourth-order valence-electron chi connectivity index (χ4n) is 3.05. The summed E-state index contributed by atoms with van der Waals surface area (Å²) in [5.41, 5.74) is 1.89. The molecule has 1 aliphatic heterocycles. The minimum atomic E-state index is -0.285. The third kappa shape index (κ3) is 5.05. The first-order valence-electron chi connectivity index (χ1n) is 9.74. The van der Waals surface area contributed by atoms with Crippen molar-refractivity contribution in [2.24, 2.45) is 5.92 Å². The average molecular weight is 404 g/mol. The Kier molecular flexibility index (Phi) is 6.96. The number of anilines is 2. The van der Waals surface area contributed by atoms with Crippen molar-refractivity contribution in [2.75, 3.05) is 36.5 Å². The standard InChI is InChI=1S/C20H29N5O2S/c1-14(2)13-25-19(24-9-11-27-12-10-24)22-23-20(25)28-16(4)18(26)21-17-8-6-5-7-15(17)3/h5-8,14,16H,9-13H2,1-4H3,(H,21,26). The third-order valence-corrected chi connectivity index (χ3v) is 5.67. The van der Waals surface area contributed by atoms with E-state index in [2.05, 4.69) is 38.8 Å². The Balaban J connectivity index is 1.74. The topological polar surface area (TPSA) is 72.3 Å². The van der Waals surface area contributed by atoms with Crippen molar-refractivity contribution in [3.8, 4) is 0 Å². The second-order valence-electron chi connectivity index (χ2n) is 7.45. The number of thioether (sulfide) groups is 1. The average Bonchev–Trinajstić information content (AvgIpc) is 3.06. The molecule has 2 heterocycles. The van der Waals surface area contributed by atoms with Crippen LogP contribution in [0.3, 0.4) is 0 Å². The molecule has 28 heavy (non-hydrogen) atoms. The number of para-hydroxylation sites is 1. The molecule has 0 bridgehead atoms. The maximum atomic E-state index is 12.7. The molecule has 1 atom stereocenters. The smallest absolute Gasteiger partial charge is 0.237 e. The lowest BCUT2D eigenvalue weighted by molar-refractivity contribution is -0.115. The van der Waals surface area contributed by atoms with Gasteiger partial charge in [0.05, 0.1) is 18.5 Å². The normalized spacial score (nSPS) is 15.7. The summed E-state index contributed by atoms with van der Waals surface area (Å²) in [6, 6.07) is 7.79. The summed E-state index contributed by atoms with van der Waals surface area (Å²) in [6.45, 7) is 12.1. The number of morpholine rings is 1. The largest absolute Gasteiger partial charge is 0.378 e. The first kappa shape index (κ1) is 20.7. The Hall–Kier alpha value is -2.06. The number of ether oxygens (including phenoxy) is 1. The van der Waals surface area contributed by atoms with Gasteiger partial charge in [-0.3, -0.25) is 9.36 Å². The summed E-state index contributed by atoms with van der Waals surface area (Å²) in [5.74, 6) is 1.28.